The van der Waals surface area contributed by atoms with E-state index < -0.39 is 43.2 Å². The lowest BCUT2D eigenvalue weighted by Gasteiger charge is -2.42. The molecule has 1 unspecified atom stereocenters. The van der Waals surface area contributed by atoms with E-state index in [4.69, 9.17) is 9.84 Å². The van der Waals surface area contributed by atoms with Gasteiger partial charge in [0, 0.05) is 6.92 Å². The third kappa shape index (κ3) is 2.61. The minimum absolute atomic E-state index is 0.134. The summed E-state index contributed by atoms with van der Waals surface area (Å²) in [6.45, 7) is 0.460. The highest BCUT2D eigenvalue weighted by Crippen LogP contribution is 2.23. The second-order valence-corrected chi connectivity index (χ2v) is 3.75. The molecule has 0 aromatic heterocycles. The first-order valence-electron chi connectivity index (χ1n) is 4.98. The van der Waals surface area contributed by atoms with Crippen molar-refractivity contribution in [1.29, 1.82) is 0 Å². The third-order valence-electron chi connectivity index (χ3n) is 2.67. The Morgan fingerprint density at radius 3 is 2.35 bits per heavy atom. The minimum atomic E-state index is -1.67. The maximum absolute atomic E-state index is 11.1. The summed E-state index contributed by atoms with van der Waals surface area (Å²) in [5.74, 6) is -0.707. The van der Waals surface area contributed by atoms with Crippen LogP contribution in [0.15, 0.2) is 0 Å². The summed E-state index contributed by atoms with van der Waals surface area (Å²) >= 11 is 0. The number of imide groups is 1. The Bertz CT molecular complexity index is 297. The van der Waals surface area contributed by atoms with Gasteiger partial charge in [0.1, 0.15) is 24.4 Å². The molecule has 17 heavy (non-hydrogen) atoms. The smallest absolute Gasteiger partial charge is 0.226 e. The molecule has 8 nitrogen and oxygen atoms in total. The molecule has 2 amide bonds. The van der Waals surface area contributed by atoms with Gasteiger partial charge in [0.2, 0.25) is 12.3 Å². The predicted octanol–water partition coefficient (Wildman–Crippen LogP) is -3.21. The topological polar surface area (TPSA) is 128 Å². The van der Waals surface area contributed by atoms with Gasteiger partial charge < -0.3 is 25.2 Å². The number of hydrogen-bond acceptors (Lipinski definition) is 7. The third-order valence-corrected chi connectivity index (χ3v) is 2.67. The Morgan fingerprint density at radius 2 is 1.94 bits per heavy atom. The Hall–Kier alpha value is -1.06. The average Bonchev–Trinajstić information content (AvgIpc) is 2.28. The summed E-state index contributed by atoms with van der Waals surface area (Å²) in [5, 5.41) is 37.6. The van der Waals surface area contributed by atoms with Crippen LogP contribution in [0, 0.1) is 0 Å². The van der Waals surface area contributed by atoms with Crippen LogP contribution in [0.25, 0.3) is 0 Å². The van der Waals surface area contributed by atoms with Crippen molar-refractivity contribution in [2.75, 3.05) is 6.61 Å². The second-order valence-electron chi connectivity index (χ2n) is 3.75. The monoisotopic (exact) mass is 249 g/mol. The van der Waals surface area contributed by atoms with Crippen molar-refractivity contribution in [3.05, 3.63) is 0 Å². The number of amides is 2. The van der Waals surface area contributed by atoms with Gasteiger partial charge in [0.05, 0.1) is 6.61 Å². The fourth-order valence-electron chi connectivity index (χ4n) is 1.74. The average molecular weight is 249 g/mol. The van der Waals surface area contributed by atoms with Gasteiger partial charge in [0.25, 0.3) is 0 Å². The van der Waals surface area contributed by atoms with Gasteiger partial charge in [-0.1, -0.05) is 0 Å². The van der Waals surface area contributed by atoms with Crippen LogP contribution in [0.4, 0.5) is 0 Å². The molecule has 1 heterocycles. The molecule has 0 aromatic rings. The first-order valence-corrected chi connectivity index (χ1v) is 4.98. The predicted molar refractivity (Wildman–Crippen MR) is 52.4 cm³/mol. The SMILES string of the molecule is CC(=O)N(C=O)[C@H]1C(O)O[C@H](CO)[C@H](O)[C@@H]1O. The molecule has 0 saturated carbocycles. The maximum atomic E-state index is 11.1. The molecule has 0 bridgehead atoms. The van der Waals surface area contributed by atoms with Crippen LogP contribution < -0.4 is 0 Å². The van der Waals surface area contributed by atoms with Crippen molar-refractivity contribution in [2.45, 2.75) is 37.6 Å². The molecule has 0 radical (unpaired) electrons. The van der Waals surface area contributed by atoms with Gasteiger partial charge in [-0.15, -0.1) is 0 Å². The van der Waals surface area contributed by atoms with E-state index in [9.17, 15) is 24.9 Å². The van der Waals surface area contributed by atoms with Crippen molar-refractivity contribution in [3.8, 4) is 0 Å². The molecule has 4 N–H and O–H groups in total. The summed E-state index contributed by atoms with van der Waals surface area (Å²) in [5.41, 5.74) is 0. The molecule has 8 heteroatoms. The highest BCUT2D eigenvalue weighted by Gasteiger charge is 2.47. The van der Waals surface area contributed by atoms with Gasteiger partial charge in [-0.3, -0.25) is 14.5 Å². The van der Waals surface area contributed by atoms with Gasteiger partial charge in [-0.25, -0.2) is 0 Å². The molecule has 5 atom stereocenters. The summed E-state index contributed by atoms with van der Waals surface area (Å²) in [7, 11) is 0. The largest absolute Gasteiger partial charge is 0.394 e. The van der Waals surface area contributed by atoms with Crippen molar-refractivity contribution in [1.82, 2.24) is 4.90 Å². The second kappa shape index (κ2) is 5.52. The molecule has 0 aliphatic carbocycles. The van der Waals surface area contributed by atoms with E-state index in [0.717, 1.165) is 6.92 Å². The Labute approximate surface area is 97.0 Å². The molecule has 1 rings (SSSR count). The van der Waals surface area contributed by atoms with Crippen LogP contribution in [0.5, 0.6) is 0 Å². The molecule has 98 valence electrons. The Morgan fingerprint density at radius 1 is 1.35 bits per heavy atom. The van der Waals surface area contributed by atoms with E-state index in [1.54, 1.807) is 0 Å². The standard InChI is InChI=1S/C9H15NO7/c1-4(13)10(3-12)6-8(15)7(14)5(2-11)17-9(6)16/h3,5-9,11,14-16H,2H2,1H3/t5-,6-,7+,8-,9?/m1/s1. The van der Waals surface area contributed by atoms with Crippen molar-refractivity contribution in [2.24, 2.45) is 0 Å². The number of ether oxygens (including phenoxy) is 1. The number of carbonyl (C=O) groups excluding carboxylic acids is 2. The van der Waals surface area contributed by atoms with Crippen LogP contribution in [0.1, 0.15) is 6.92 Å². The minimum Gasteiger partial charge on any atom is -0.394 e. The van der Waals surface area contributed by atoms with Gasteiger partial charge >= 0.3 is 0 Å². The lowest BCUT2D eigenvalue weighted by atomic mass is 9.96. The number of rotatable bonds is 3. The first kappa shape index (κ1) is 14.0. The molecular weight excluding hydrogens is 234 g/mol. The van der Waals surface area contributed by atoms with Crippen LogP contribution in [0.3, 0.4) is 0 Å². The van der Waals surface area contributed by atoms with Crippen molar-refractivity contribution < 1.29 is 34.8 Å². The van der Waals surface area contributed by atoms with Gasteiger partial charge in [0.15, 0.2) is 6.29 Å². The maximum Gasteiger partial charge on any atom is 0.226 e. The van der Waals surface area contributed by atoms with E-state index in [-0.39, 0.29) is 6.41 Å². The first-order chi connectivity index (χ1) is 7.93. The van der Waals surface area contributed by atoms with E-state index in [2.05, 4.69) is 0 Å². The summed E-state index contributed by atoms with van der Waals surface area (Å²) < 4.78 is 4.81. The van der Waals surface area contributed by atoms with Gasteiger partial charge in [-0.05, 0) is 0 Å². The molecule has 1 aliphatic heterocycles. The fourth-order valence-corrected chi connectivity index (χ4v) is 1.74. The van der Waals surface area contributed by atoms with Crippen LogP contribution in [0.2, 0.25) is 0 Å². The lowest BCUT2D eigenvalue weighted by molar-refractivity contribution is -0.267. The van der Waals surface area contributed by atoms with Crippen molar-refractivity contribution >= 4 is 12.3 Å². The van der Waals surface area contributed by atoms with Gasteiger partial charge in [-0.2, -0.15) is 0 Å². The van der Waals surface area contributed by atoms with E-state index in [0.29, 0.717) is 4.90 Å². The zero-order valence-corrected chi connectivity index (χ0v) is 9.13. The van der Waals surface area contributed by atoms with E-state index in [1.165, 1.54) is 0 Å². The summed E-state index contributed by atoms with van der Waals surface area (Å²) in [6.07, 6.45) is -5.80. The lowest BCUT2D eigenvalue weighted by Crippen LogP contribution is -2.64. The summed E-state index contributed by atoms with van der Waals surface area (Å²) in [4.78, 5) is 22.3. The van der Waals surface area contributed by atoms with Crippen LogP contribution >= 0.6 is 0 Å². The number of aliphatic hydroxyl groups is 4. The number of hydrogen-bond donors (Lipinski definition) is 4. The molecule has 1 saturated heterocycles. The molecule has 0 aromatic carbocycles. The zero-order valence-electron chi connectivity index (χ0n) is 9.13. The fraction of sp³-hybridized carbons (Fsp3) is 0.778. The van der Waals surface area contributed by atoms with E-state index >= 15 is 0 Å². The van der Waals surface area contributed by atoms with Crippen LogP contribution in [-0.4, -0.2) is 74.9 Å². The number of carbonyl (C=O) groups is 2. The normalized spacial score (nSPS) is 37.6. The van der Waals surface area contributed by atoms with Crippen LogP contribution in [-0.2, 0) is 14.3 Å². The Balaban J connectivity index is 2.92. The highest BCUT2D eigenvalue weighted by molar-refractivity contribution is 5.84. The molecular formula is C9H15NO7. The Kier molecular flexibility index (Phi) is 4.54. The highest BCUT2D eigenvalue weighted by atomic mass is 16.6. The van der Waals surface area contributed by atoms with Crippen molar-refractivity contribution in [3.63, 3.8) is 0 Å². The summed E-state index contributed by atoms with van der Waals surface area (Å²) in [6, 6.07) is -1.40. The zero-order chi connectivity index (χ0) is 13.2. The molecule has 0 spiro atoms. The molecule has 1 fully saturated rings. The van der Waals surface area contributed by atoms with E-state index in [1.807, 2.05) is 0 Å². The molecule has 1 aliphatic rings. The number of aliphatic hydroxyl groups excluding tert-OH is 4. The number of nitrogens with zero attached hydrogens (tertiary/aromatic N) is 1. The quantitative estimate of drug-likeness (QED) is 0.388.